The molecule has 2 aromatic carbocycles. The van der Waals surface area contributed by atoms with Crippen molar-refractivity contribution in [2.45, 2.75) is 46.1 Å². The van der Waals surface area contributed by atoms with E-state index in [1.807, 2.05) is 30.3 Å². The molecule has 3 rings (SSSR count). The van der Waals surface area contributed by atoms with Crippen LogP contribution < -0.4 is 5.32 Å². The molecule has 26 heavy (non-hydrogen) atoms. The maximum atomic E-state index is 12.6. The van der Waals surface area contributed by atoms with Crippen LogP contribution in [-0.4, -0.2) is 23.3 Å². The van der Waals surface area contributed by atoms with Gasteiger partial charge in [-0.15, -0.1) is 0 Å². The minimum atomic E-state index is -0.232. The van der Waals surface area contributed by atoms with Gasteiger partial charge in [0.25, 0.3) is 0 Å². The van der Waals surface area contributed by atoms with Crippen molar-refractivity contribution in [1.82, 2.24) is 4.90 Å². The van der Waals surface area contributed by atoms with Crippen molar-refractivity contribution in [2.24, 2.45) is 0 Å². The Morgan fingerprint density at radius 2 is 1.62 bits per heavy atom. The van der Waals surface area contributed by atoms with Crippen molar-refractivity contribution >= 4 is 17.5 Å². The van der Waals surface area contributed by atoms with Gasteiger partial charge in [-0.05, 0) is 41.5 Å². The lowest BCUT2D eigenvalue weighted by Crippen LogP contribution is -2.37. The first-order chi connectivity index (χ1) is 12.6. The lowest BCUT2D eigenvalue weighted by atomic mass is 9.99. The van der Waals surface area contributed by atoms with Gasteiger partial charge < -0.3 is 10.2 Å². The Bertz CT molecular complexity index is 791. The lowest BCUT2D eigenvalue weighted by Gasteiger charge is -2.28. The number of hydrogen-bond donors (Lipinski definition) is 1. The Labute approximate surface area is 155 Å². The average Bonchev–Trinajstić information content (AvgIpc) is 2.67. The molecule has 0 aliphatic carbocycles. The second-order valence-corrected chi connectivity index (χ2v) is 6.72. The van der Waals surface area contributed by atoms with E-state index in [0.29, 0.717) is 13.1 Å². The van der Waals surface area contributed by atoms with Crippen LogP contribution in [0.25, 0.3) is 0 Å². The van der Waals surface area contributed by atoms with Crippen LogP contribution in [-0.2, 0) is 35.4 Å². The fourth-order valence-electron chi connectivity index (χ4n) is 3.54. The third-order valence-corrected chi connectivity index (χ3v) is 5.06. The Morgan fingerprint density at radius 1 is 0.962 bits per heavy atom. The molecule has 0 aromatic heterocycles. The van der Waals surface area contributed by atoms with Crippen LogP contribution in [0.2, 0.25) is 0 Å². The quantitative estimate of drug-likeness (QED) is 0.836. The summed E-state index contributed by atoms with van der Waals surface area (Å²) in [5, 5.41) is 2.98. The molecule has 0 radical (unpaired) electrons. The van der Waals surface area contributed by atoms with Crippen LogP contribution in [0.1, 0.15) is 42.5 Å². The van der Waals surface area contributed by atoms with Gasteiger partial charge in [-0.1, -0.05) is 56.3 Å². The van der Waals surface area contributed by atoms with Crippen molar-refractivity contribution in [3.05, 3.63) is 64.7 Å². The van der Waals surface area contributed by atoms with E-state index in [2.05, 4.69) is 31.3 Å². The average molecular weight is 350 g/mol. The molecule has 4 heteroatoms. The molecule has 0 bridgehead atoms. The summed E-state index contributed by atoms with van der Waals surface area (Å²) in [4.78, 5) is 26.9. The largest absolute Gasteiger partial charge is 0.338 e. The van der Waals surface area contributed by atoms with Gasteiger partial charge in [-0.3, -0.25) is 9.59 Å². The number of rotatable bonds is 5. The highest BCUT2D eigenvalue weighted by Gasteiger charge is 2.22. The summed E-state index contributed by atoms with van der Waals surface area (Å²) in [6.07, 6.45) is 2.44. The third-order valence-electron chi connectivity index (χ3n) is 5.06. The molecule has 0 spiro atoms. The summed E-state index contributed by atoms with van der Waals surface area (Å²) in [6, 6.07) is 14.3. The fourth-order valence-corrected chi connectivity index (χ4v) is 3.54. The molecular weight excluding hydrogens is 324 g/mol. The summed E-state index contributed by atoms with van der Waals surface area (Å²) in [7, 11) is 0. The smallest absolute Gasteiger partial charge is 0.233 e. The summed E-state index contributed by atoms with van der Waals surface area (Å²) < 4.78 is 0. The van der Waals surface area contributed by atoms with Crippen molar-refractivity contribution in [2.75, 3.05) is 11.9 Å². The molecular formula is C22H26N2O2. The SMILES string of the molecule is CCc1cccc(CC)c1NC(=O)CC(=O)N1CCc2ccccc2C1. The van der Waals surface area contributed by atoms with Crippen LogP contribution in [0.4, 0.5) is 5.69 Å². The molecule has 0 fully saturated rings. The van der Waals surface area contributed by atoms with Crippen LogP contribution in [0, 0.1) is 0 Å². The second kappa shape index (κ2) is 8.17. The van der Waals surface area contributed by atoms with E-state index in [9.17, 15) is 9.59 Å². The third kappa shape index (κ3) is 3.96. The maximum absolute atomic E-state index is 12.6. The summed E-state index contributed by atoms with van der Waals surface area (Å²) >= 11 is 0. The van der Waals surface area contributed by atoms with E-state index in [0.717, 1.165) is 36.1 Å². The number of amides is 2. The zero-order valence-electron chi connectivity index (χ0n) is 15.5. The zero-order chi connectivity index (χ0) is 18.5. The van der Waals surface area contributed by atoms with Gasteiger partial charge in [0.1, 0.15) is 6.42 Å². The van der Waals surface area contributed by atoms with Crippen molar-refractivity contribution in [3.63, 3.8) is 0 Å². The Balaban J connectivity index is 1.65. The van der Waals surface area contributed by atoms with Gasteiger partial charge in [-0.25, -0.2) is 0 Å². The van der Waals surface area contributed by atoms with Crippen molar-refractivity contribution in [3.8, 4) is 0 Å². The van der Waals surface area contributed by atoms with Crippen LogP contribution in [0.3, 0.4) is 0 Å². The topological polar surface area (TPSA) is 49.4 Å². The highest BCUT2D eigenvalue weighted by molar-refractivity contribution is 6.04. The maximum Gasteiger partial charge on any atom is 0.233 e. The first-order valence-corrected chi connectivity index (χ1v) is 9.37. The molecule has 1 N–H and O–H groups in total. The number of aryl methyl sites for hydroxylation is 2. The zero-order valence-corrected chi connectivity index (χ0v) is 15.5. The van der Waals surface area contributed by atoms with E-state index < -0.39 is 0 Å². The number of nitrogens with one attached hydrogen (secondary N) is 1. The van der Waals surface area contributed by atoms with E-state index in [-0.39, 0.29) is 18.2 Å². The van der Waals surface area contributed by atoms with E-state index in [1.54, 1.807) is 4.90 Å². The number of carbonyl (C=O) groups is 2. The summed E-state index contributed by atoms with van der Waals surface area (Å²) in [5.74, 6) is -0.339. The number of carbonyl (C=O) groups excluding carboxylic acids is 2. The van der Waals surface area contributed by atoms with E-state index in [4.69, 9.17) is 0 Å². The Hall–Kier alpha value is -2.62. The summed E-state index contributed by atoms with van der Waals surface area (Å²) in [6.45, 7) is 5.41. The van der Waals surface area contributed by atoms with Gasteiger partial charge in [-0.2, -0.15) is 0 Å². The fraction of sp³-hybridized carbons (Fsp3) is 0.364. The standard InChI is InChI=1S/C22H26N2O2/c1-3-16-10-7-11-17(4-2)22(16)23-20(25)14-21(26)24-13-12-18-8-5-6-9-19(18)15-24/h5-11H,3-4,12-15H2,1-2H3,(H,23,25). The number of nitrogens with zero attached hydrogens (tertiary/aromatic N) is 1. The number of para-hydroxylation sites is 1. The first-order valence-electron chi connectivity index (χ1n) is 9.37. The van der Waals surface area contributed by atoms with E-state index in [1.165, 1.54) is 11.1 Å². The highest BCUT2D eigenvalue weighted by atomic mass is 16.2. The molecule has 2 amide bonds. The van der Waals surface area contributed by atoms with Crippen molar-refractivity contribution in [1.29, 1.82) is 0 Å². The van der Waals surface area contributed by atoms with Crippen LogP contribution in [0.15, 0.2) is 42.5 Å². The number of benzene rings is 2. The normalized spacial score (nSPS) is 13.2. The Kier molecular flexibility index (Phi) is 5.71. The van der Waals surface area contributed by atoms with Gasteiger partial charge >= 0.3 is 0 Å². The molecule has 1 heterocycles. The van der Waals surface area contributed by atoms with Gasteiger partial charge in [0.15, 0.2) is 0 Å². The monoisotopic (exact) mass is 350 g/mol. The molecule has 1 aliphatic heterocycles. The molecule has 1 aliphatic rings. The highest BCUT2D eigenvalue weighted by Crippen LogP contribution is 2.23. The minimum Gasteiger partial charge on any atom is -0.338 e. The number of hydrogen-bond acceptors (Lipinski definition) is 2. The van der Waals surface area contributed by atoms with E-state index >= 15 is 0 Å². The molecule has 0 atom stereocenters. The number of anilines is 1. The molecule has 0 saturated heterocycles. The Morgan fingerprint density at radius 3 is 2.27 bits per heavy atom. The van der Waals surface area contributed by atoms with Crippen LogP contribution in [0.5, 0.6) is 0 Å². The summed E-state index contributed by atoms with van der Waals surface area (Å²) in [5.41, 5.74) is 5.57. The number of fused-ring (bicyclic) bond motifs is 1. The van der Waals surface area contributed by atoms with Gasteiger partial charge in [0.05, 0.1) is 0 Å². The predicted molar refractivity (Wildman–Crippen MR) is 104 cm³/mol. The van der Waals surface area contributed by atoms with Crippen molar-refractivity contribution < 1.29 is 9.59 Å². The minimum absolute atomic E-state index is 0.107. The molecule has 4 nitrogen and oxygen atoms in total. The molecule has 0 unspecified atom stereocenters. The molecule has 0 saturated carbocycles. The lowest BCUT2D eigenvalue weighted by molar-refractivity contribution is -0.135. The predicted octanol–water partition coefficient (Wildman–Crippen LogP) is 3.72. The van der Waals surface area contributed by atoms with Crippen LogP contribution >= 0.6 is 0 Å². The first kappa shape index (κ1) is 18.2. The second-order valence-electron chi connectivity index (χ2n) is 6.72. The van der Waals surface area contributed by atoms with Gasteiger partial charge in [0.2, 0.25) is 11.8 Å². The van der Waals surface area contributed by atoms with Gasteiger partial charge in [0, 0.05) is 18.8 Å². The molecule has 136 valence electrons. The molecule has 2 aromatic rings.